The normalized spacial score (nSPS) is 10.7. The van der Waals surface area contributed by atoms with Crippen LogP contribution in [0.25, 0.3) is 11.4 Å². The number of phenolic OH excluding ortho intramolecular Hbond substituents is 1. The summed E-state index contributed by atoms with van der Waals surface area (Å²) in [4.78, 5) is 14.1. The summed E-state index contributed by atoms with van der Waals surface area (Å²) in [7, 11) is 1.76. The number of phenols is 1. The Labute approximate surface area is 156 Å². The summed E-state index contributed by atoms with van der Waals surface area (Å²) in [5.74, 6) is 0.989. The summed E-state index contributed by atoms with van der Waals surface area (Å²) in [6, 6.07) is 16.5. The average Bonchev–Trinajstić information content (AvgIpc) is 3.09. The Balaban J connectivity index is 1.75. The van der Waals surface area contributed by atoms with E-state index >= 15 is 0 Å². The van der Waals surface area contributed by atoms with Crippen molar-refractivity contribution in [2.45, 2.75) is 18.6 Å². The summed E-state index contributed by atoms with van der Waals surface area (Å²) in [5, 5.41) is 19.1. The number of aromatic nitrogens is 3. The lowest BCUT2D eigenvalue weighted by atomic mass is 10.2. The third-order valence-electron chi connectivity index (χ3n) is 4.02. The molecular formula is C19H20N4O2S. The number of carbonyl (C=O) groups excluding carboxylic acids is 1. The van der Waals surface area contributed by atoms with Crippen LogP contribution < -0.4 is 4.90 Å². The molecule has 7 heteroatoms. The molecule has 26 heavy (non-hydrogen) atoms. The average molecular weight is 368 g/mol. The maximum absolute atomic E-state index is 12.5. The van der Waals surface area contributed by atoms with Crippen LogP contribution in [-0.4, -0.2) is 38.6 Å². The van der Waals surface area contributed by atoms with E-state index in [2.05, 4.69) is 10.2 Å². The highest BCUT2D eigenvalue weighted by Crippen LogP contribution is 2.30. The molecule has 134 valence electrons. The Hall–Kier alpha value is -2.80. The largest absolute Gasteiger partial charge is 0.507 e. The van der Waals surface area contributed by atoms with Crippen LogP contribution >= 0.6 is 11.8 Å². The Kier molecular flexibility index (Phi) is 5.58. The van der Waals surface area contributed by atoms with E-state index in [4.69, 9.17) is 0 Å². The van der Waals surface area contributed by atoms with Gasteiger partial charge in [0.2, 0.25) is 5.91 Å². The highest BCUT2D eigenvalue weighted by atomic mass is 32.2. The standard InChI is InChI=1S/C19H20N4O2S/c1-3-23-18(15-11-7-8-12-16(15)24)20-21-19(23)26-13-17(25)22(2)14-9-5-4-6-10-14/h4-12,24H,3,13H2,1-2H3. The highest BCUT2D eigenvalue weighted by Gasteiger charge is 2.18. The van der Waals surface area contributed by atoms with Crippen molar-refractivity contribution in [3.05, 3.63) is 54.6 Å². The van der Waals surface area contributed by atoms with E-state index in [1.54, 1.807) is 30.1 Å². The van der Waals surface area contributed by atoms with E-state index in [1.165, 1.54) is 11.8 Å². The predicted octanol–water partition coefficient (Wildman–Crippen LogP) is 3.43. The number of hydrogen-bond donors (Lipinski definition) is 1. The topological polar surface area (TPSA) is 71.2 Å². The fraction of sp³-hybridized carbons (Fsp3) is 0.211. The first-order valence-corrected chi connectivity index (χ1v) is 9.26. The number of para-hydroxylation sites is 2. The number of carbonyl (C=O) groups is 1. The lowest BCUT2D eigenvalue weighted by Crippen LogP contribution is -2.27. The van der Waals surface area contributed by atoms with Crippen LogP contribution in [0.4, 0.5) is 5.69 Å². The van der Waals surface area contributed by atoms with Gasteiger partial charge in [0.05, 0.1) is 11.3 Å². The molecule has 0 saturated carbocycles. The highest BCUT2D eigenvalue weighted by molar-refractivity contribution is 7.99. The number of aromatic hydroxyl groups is 1. The van der Waals surface area contributed by atoms with E-state index in [0.29, 0.717) is 23.1 Å². The van der Waals surface area contributed by atoms with Crippen molar-refractivity contribution in [1.82, 2.24) is 14.8 Å². The van der Waals surface area contributed by atoms with Gasteiger partial charge in [-0.25, -0.2) is 0 Å². The predicted molar refractivity (Wildman–Crippen MR) is 103 cm³/mol. The zero-order valence-corrected chi connectivity index (χ0v) is 15.5. The molecule has 1 heterocycles. The van der Waals surface area contributed by atoms with Gasteiger partial charge >= 0.3 is 0 Å². The number of nitrogens with zero attached hydrogens (tertiary/aromatic N) is 4. The number of thioether (sulfide) groups is 1. The van der Waals surface area contributed by atoms with Gasteiger partial charge < -0.3 is 14.6 Å². The summed E-state index contributed by atoms with van der Waals surface area (Å²) >= 11 is 1.34. The Morgan fingerprint density at radius 2 is 1.81 bits per heavy atom. The van der Waals surface area contributed by atoms with Gasteiger partial charge in [-0.2, -0.15) is 0 Å². The molecule has 1 amide bonds. The smallest absolute Gasteiger partial charge is 0.237 e. The van der Waals surface area contributed by atoms with E-state index < -0.39 is 0 Å². The van der Waals surface area contributed by atoms with Gasteiger partial charge in [0.25, 0.3) is 0 Å². The van der Waals surface area contributed by atoms with Gasteiger partial charge in [-0.05, 0) is 31.2 Å². The van der Waals surface area contributed by atoms with Crippen molar-refractivity contribution in [2.75, 3.05) is 17.7 Å². The molecule has 0 radical (unpaired) electrons. The van der Waals surface area contributed by atoms with Crippen LogP contribution in [0.5, 0.6) is 5.75 Å². The van der Waals surface area contributed by atoms with Crippen molar-refractivity contribution >= 4 is 23.4 Å². The quantitative estimate of drug-likeness (QED) is 0.675. The molecule has 3 rings (SSSR count). The van der Waals surface area contributed by atoms with E-state index in [9.17, 15) is 9.90 Å². The Morgan fingerprint density at radius 1 is 1.12 bits per heavy atom. The van der Waals surface area contributed by atoms with Crippen LogP contribution in [0.3, 0.4) is 0 Å². The van der Waals surface area contributed by atoms with Gasteiger partial charge in [0, 0.05) is 19.3 Å². The Bertz CT molecular complexity index is 896. The number of benzene rings is 2. The summed E-state index contributed by atoms with van der Waals surface area (Å²) in [5.41, 5.74) is 1.48. The summed E-state index contributed by atoms with van der Waals surface area (Å²) in [6.07, 6.45) is 0. The van der Waals surface area contributed by atoms with Crippen LogP contribution in [0.2, 0.25) is 0 Å². The van der Waals surface area contributed by atoms with Crippen LogP contribution in [0, 0.1) is 0 Å². The molecule has 0 aliphatic heterocycles. The lowest BCUT2D eigenvalue weighted by Gasteiger charge is -2.17. The van der Waals surface area contributed by atoms with Gasteiger partial charge in [-0.15, -0.1) is 10.2 Å². The first-order valence-electron chi connectivity index (χ1n) is 8.27. The third-order valence-corrected chi connectivity index (χ3v) is 4.97. The number of hydrogen-bond acceptors (Lipinski definition) is 5. The van der Waals surface area contributed by atoms with Crippen LogP contribution in [0.1, 0.15) is 6.92 Å². The Morgan fingerprint density at radius 3 is 2.50 bits per heavy atom. The molecule has 3 aromatic rings. The minimum atomic E-state index is -0.0176. The van der Waals surface area contributed by atoms with Gasteiger partial charge in [0.15, 0.2) is 11.0 Å². The fourth-order valence-corrected chi connectivity index (χ4v) is 3.48. The second kappa shape index (κ2) is 8.05. The number of rotatable bonds is 6. The fourth-order valence-electron chi connectivity index (χ4n) is 2.56. The molecule has 0 fully saturated rings. The van der Waals surface area contributed by atoms with Gasteiger partial charge in [-0.3, -0.25) is 4.79 Å². The van der Waals surface area contributed by atoms with Crippen LogP contribution in [0.15, 0.2) is 59.8 Å². The van der Waals surface area contributed by atoms with Crippen molar-refractivity contribution in [1.29, 1.82) is 0 Å². The molecule has 2 aromatic carbocycles. The monoisotopic (exact) mass is 368 g/mol. The van der Waals surface area contributed by atoms with E-state index in [1.807, 2.05) is 47.9 Å². The molecule has 0 bridgehead atoms. The first kappa shape index (κ1) is 18.0. The third kappa shape index (κ3) is 3.72. The molecule has 0 aliphatic carbocycles. The molecule has 0 saturated heterocycles. The molecule has 0 aliphatic rings. The molecular weight excluding hydrogens is 348 g/mol. The lowest BCUT2D eigenvalue weighted by molar-refractivity contribution is -0.115. The molecule has 0 spiro atoms. The number of anilines is 1. The zero-order chi connectivity index (χ0) is 18.5. The minimum Gasteiger partial charge on any atom is -0.507 e. The van der Waals surface area contributed by atoms with Crippen molar-refractivity contribution in [3.63, 3.8) is 0 Å². The molecule has 0 unspecified atom stereocenters. The minimum absolute atomic E-state index is 0.0176. The zero-order valence-electron chi connectivity index (χ0n) is 14.7. The number of amides is 1. The second-order valence-electron chi connectivity index (χ2n) is 5.64. The van der Waals surface area contributed by atoms with Crippen molar-refractivity contribution < 1.29 is 9.90 Å². The van der Waals surface area contributed by atoms with Crippen molar-refractivity contribution in [2.24, 2.45) is 0 Å². The van der Waals surface area contributed by atoms with E-state index in [0.717, 1.165) is 5.69 Å². The molecule has 1 aromatic heterocycles. The van der Waals surface area contributed by atoms with Crippen molar-refractivity contribution in [3.8, 4) is 17.1 Å². The van der Waals surface area contributed by atoms with Crippen LogP contribution in [-0.2, 0) is 11.3 Å². The summed E-state index contributed by atoms with van der Waals surface area (Å²) in [6.45, 7) is 2.62. The van der Waals surface area contributed by atoms with Gasteiger partial charge in [-0.1, -0.05) is 42.1 Å². The molecule has 1 N–H and O–H groups in total. The first-order chi connectivity index (χ1) is 12.6. The molecule has 6 nitrogen and oxygen atoms in total. The van der Waals surface area contributed by atoms with E-state index in [-0.39, 0.29) is 17.4 Å². The van der Waals surface area contributed by atoms with Gasteiger partial charge in [0.1, 0.15) is 5.75 Å². The maximum atomic E-state index is 12.5. The molecule has 0 atom stereocenters. The maximum Gasteiger partial charge on any atom is 0.237 e. The SMILES string of the molecule is CCn1c(SCC(=O)N(C)c2ccccc2)nnc1-c1ccccc1O. The summed E-state index contributed by atoms with van der Waals surface area (Å²) < 4.78 is 1.90. The second-order valence-corrected chi connectivity index (χ2v) is 6.59.